The SMILES string of the molecule is CCCc1c(CC(C)C)cccc1-c1cccc(C/C=C\C=N)c1C. The van der Waals surface area contributed by atoms with Gasteiger partial charge in [-0.15, -0.1) is 0 Å². The quantitative estimate of drug-likeness (QED) is 0.529. The third-order valence-corrected chi connectivity index (χ3v) is 4.71. The Bertz CT molecular complexity index is 738. The second-order valence-electron chi connectivity index (χ2n) is 7.18. The van der Waals surface area contributed by atoms with Crippen molar-refractivity contribution in [3.8, 4) is 11.1 Å². The van der Waals surface area contributed by atoms with E-state index >= 15 is 0 Å². The van der Waals surface area contributed by atoms with Crippen molar-refractivity contribution >= 4 is 6.21 Å². The molecule has 2 rings (SSSR count). The minimum absolute atomic E-state index is 0.671. The molecule has 0 radical (unpaired) electrons. The Kier molecular flexibility index (Phi) is 7.18. The van der Waals surface area contributed by atoms with Crippen LogP contribution in [-0.4, -0.2) is 6.21 Å². The molecule has 132 valence electrons. The summed E-state index contributed by atoms with van der Waals surface area (Å²) in [6, 6.07) is 13.4. The van der Waals surface area contributed by atoms with Crippen molar-refractivity contribution < 1.29 is 0 Å². The standard InChI is InChI=1S/C24H31N/c1-5-10-23-21(17-18(2)3)13-9-15-24(23)22-14-8-12-20(19(22)4)11-6-7-16-25/h6-9,12-16,18,25H,5,10-11,17H2,1-4H3/b7-6-,25-16?. The zero-order chi connectivity index (χ0) is 18.2. The highest BCUT2D eigenvalue weighted by Gasteiger charge is 2.13. The largest absolute Gasteiger partial charge is 0.309 e. The van der Waals surface area contributed by atoms with Crippen molar-refractivity contribution in [2.75, 3.05) is 0 Å². The molecule has 0 fully saturated rings. The van der Waals surface area contributed by atoms with Crippen molar-refractivity contribution in [3.05, 3.63) is 70.8 Å². The summed E-state index contributed by atoms with van der Waals surface area (Å²) < 4.78 is 0. The first-order valence-electron chi connectivity index (χ1n) is 9.43. The molecule has 0 saturated heterocycles. The first-order valence-corrected chi connectivity index (χ1v) is 9.43. The Morgan fingerprint density at radius 1 is 1.00 bits per heavy atom. The highest BCUT2D eigenvalue weighted by Crippen LogP contribution is 2.32. The van der Waals surface area contributed by atoms with E-state index in [2.05, 4.69) is 70.2 Å². The van der Waals surface area contributed by atoms with Gasteiger partial charge in [0.05, 0.1) is 0 Å². The second kappa shape index (κ2) is 9.36. The fraction of sp³-hybridized carbons (Fsp3) is 0.375. The molecule has 0 aliphatic heterocycles. The van der Waals surface area contributed by atoms with Gasteiger partial charge in [0, 0.05) is 6.21 Å². The Labute approximate surface area is 153 Å². The molecular formula is C24H31N. The van der Waals surface area contributed by atoms with Crippen LogP contribution < -0.4 is 0 Å². The fourth-order valence-electron chi connectivity index (χ4n) is 3.52. The van der Waals surface area contributed by atoms with Gasteiger partial charge in [-0.25, -0.2) is 0 Å². The van der Waals surface area contributed by atoms with Crippen LogP contribution in [0.5, 0.6) is 0 Å². The lowest BCUT2D eigenvalue weighted by Crippen LogP contribution is -2.03. The van der Waals surface area contributed by atoms with Gasteiger partial charge in [0.25, 0.3) is 0 Å². The zero-order valence-corrected chi connectivity index (χ0v) is 16.1. The van der Waals surface area contributed by atoms with Crippen molar-refractivity contribution in [1.82, 2.24) is 0 Å². The summed E-state index contributed by atoms with van der Waals surface area (Å²) in [5.41, 5.74) is 8.48. The third-order valence-electron chi connectivity index (χ3n) is 4.71. The molecule has 1 heteroatoms. The van der Waals surface area contributed by atoms with Crippen LogP contribution in [0.1, 0.15) is 49.4 Å². The fourth-order valence-corrected chi connectivity index (χ4v) is 3.52. The van der Waals surface area contributed by atoms with Crippen LogP contribution in [0.3, 0.4) is 0 Å². The molecule has 0 aliphatic carbocycles. The molecule has 0 unspecified atom stereocenters. The van der Waals surface area contributed by atoms with Gasteiger partial charge >= 0.3 is 0 Å². The molecule has 0 atom stereocenters. The van der Waals surface area contributed by atoms with Gasteiger partial charge < -0.3 is 5.41 Å². The summed E-state index contributed by atoms with van der Waals surface area (Å²) in [4.78, 5) is 0. The van der Waals surface area contributed by atoms with Crippen molar-refractivity contribution in [3.63, 3.8) is 0 Å². The van der Waals surface area contributed by atoms with Gasteiger partial charge in [-0.3, -0.25) is 0 Å². The van der Waals surface area contributed by atoms with E-state index in [1.54, 1.807) is 6.08 Å². The lowest BCUT2D eigenvalue weighted by Gasteiger charge is -2.18. The van der Waals surface area contributed by atoms with E-state index in [0.29, 0.717) is 5.92 Å². The van der Waals surface area contributed by atoms with Crippen LogP contribution in [0, 0.1) is 18.3 Å². The summed E-state index contributed by atoms with van der Waals surface area (Å²) in [5, 5.41) is 7.14. The maximum atomic E-state index is 7.14. The van der Waals surface area contributed by atoms with E-state index in [1.165, 1.54) is 46.0 Å². The number of allylic oxidation sites excluding steroid dienone is 2. The van der Waals surface area contributed by atoms with Gasteiger partial charge in [-0.2, -0.15) is 0 Å². The maximum Gasteiger partial charge on any atom is 0.0174 e. The number of nitrogens with one attached hydrogen (secondary N) is 1. The van der Waals surface area contributed by atoms with Crippen molar-refractivity contribution in [2.24, 2.45) is 5.92 Å². The van der Waals surface area contributed by atoms with Crippen LogP contribution >= 0.6 is 0 Å². The highest BCUT2D eigenvalue weighted by atomic mass is 14.3. The van der Waals surface area contributed by atoms with E-state index in [0.717, 1.165) is 19.3 Å². The van der Waals surface area contributed by atoms with Gasteiger partial charge in [0.15, 0.2) is 0 Å². The lowest BCUT2D eigenvalue weighted by molar-refractivity contribution is 0.642. The first kappa shape index (κ1) is 19.2. The number of hydrogen-bond donors (Lipinski definition) is 1. The molecule has 0 spiro atoms. The van der Waals surface area contributed by atoms with E-state index in [-0.39, 0.29) is 0 Å². The smallest absolute Gasteiger partial charge is 0.0174 e. The van der Waals surface area contributed by atoms with Crippen molar-refractivity contribution in [1.29, 1.82) is 5.41 Å². The van der Waals surface area contributed by atoms with E-state index in [9.17, 15) is 0 Å². The van der Waals surface area contributed by atoms with Gasteiger partial charge in [0.2, 0.25) is 0 Å². The molecular weight excluding hydrogens is 302 g/mol. The van der Waals surface area contributed by atoms with Gasteiger partial charge in [-0.1, -0.05) is 69.7 Å². The van der Waals surface area contributed by atoms with E-state index in [4.69, 9.17) is 5.41 Å². The summed E-state index contributed by atoms with van der Waals surface area (Å²) in [5.74, 6) is 0.671. The Morgan fingerprint density at radius 3 is 2.32 bits per heavy atom. The average Bonchev–Trinajstić information content (AvgIpc) is 2.58. The van der Waals surface area contributed by atoms with Crippen LogP contribution in [0.25, 0.3) is 11.1 Å². The van der Waals surface area contributed by atoms with Gasteiger partial charge in [0.1, 0.15) is 0 Å². The first-order chi connectivity index (χ1) is 12.1. The van der Waals surface area contributed by atoms with E-state index < -0.39 is 0 Å². The lowest BCUT2D eigenvalue weighted by atomic mass is 9.86. The summed E-state index contributed by atoms with van der Waals surface area (Å²) in [7, 11) is 0. The topological polar surface area (TPSA) is 23.9 Å². The van der Waals surface area contributed by atoms with E-state index in [1.807, 2.05) is 0 Å². The minimum atomic E-state index is 0.671. The maximum absolute atomic E-state index is 7.14. The molecule has 1 N–H and O–H groups in total. The predicted molar refractivity (Wildman–Crippen MR) is 111 cm³/mol. The summed E-state index contributed by atoms with van der Waals surface area (Å²) in [6.45, 7) is 9.09. The Balaban J connectivity index is 2.52. The molecule has 0 aromatic heterocycles. The molecule has 2 aromatic carbocycles. The van der Waals surface area contributed by atoms with Crippen LogP contribution in [0.4, 0.5) is 0 Å². The number of rotatable bonds is 8. The molecule has 0 amide bonds. The molecule has 1 nitrogen and oxygen atoms in total. The highest BCUT2D eigenvalue weighted by molar-refractivity contribution is 5.73. The van der Waals surface area contributed by atoms with Crippen LogP contribution in [-0.2, 0) is 19.3 Å². The molecule has 2 aromatic rings. The minimum Gasteiger partial charge on any atom is -0.309 e. The molecule has 0 aliphatic rings. The number of benzene rings is 2. The normalized spacial score (nSPS) is 11.4. The second-order valence-corrected chi connectivity index (χ2v) is 7.18. The molecule has 0 heterocycles. The molecule has 0 bridgehead atoms. The van der Waals surface area contributed by atoms with Crippen molar-refractivity contribution in [2.45, 2.75) is 53.4 Å². The predicted octanol–water partition coefficient (Wildman–Crippen LogP) is 6.56. The molecule has 0 saturated carbocycles. The Hall–Kier alpha value is -2.15. The van der Waals surface area contributed by atoms with Gasteiger partial charge in [-0.05, 0) is 71.6 Å². The van der Waals surface area contributed by atoms with Crippen LogP contribution in [0.2, 0.25) is 0 Å². The summed E-state index contributed by atoms with van der Waals surface area (Å²) in [6.07, 6.45) is 9.53. The average molecular weight is 334 g/mol. The Morgan fingerprint density at radius 2 is 1.68 bits per heavy atom. The number of hydrogen-bond acceptors (Lipinski definition) is 1. The third kappa shape index (κ3) is 4.92. The monoisotopic (exact) mass is 333 g/mol. The van der Waals surface area contributed by atoms with Crippen LogP contribution in [0.15, 0.2) is 48.6 Å². The summed E-state index contributed by atoms with van der Waals surface area (Å²) >= 11 is 0. The molecule has 25 heavy (non-hydrogen) atoms. The zero-order valence-electron chi connectivity index (χ0n) is 16.1.